The van der Waals surface area contributed by atoms with Crippen molar-refractivity contribution in [3.05, 3.63) is 35.7 Å². The average molecular weight is 348 g/mol. The summed E-state index contributed by atoms with van der Waals surface area (Å²) >= 11 is 5.33. The van der Waals surface area contributed by atoms with Gasteiger partial charge in [0.05, 0.1) is 19.9 Å². The number of aromatic nitrogens is 2. The van der Waals surface area contributed by atoms with Crippen LogP contribution in [0.5, 0.6) is 11.5 Å². The van der Waals surface area contributed by atoms with Gasteiger partial charge in [0, 0.05) is 42.7 Å². The zero-order valence-electron chi connectivity index (χ0n) is 14.5. The summed E-state index contributed by atoms with van der Waals surface area (Å²) in [7, 11) is 3.24. The van der Waals surface area contributed by atoms with E-state index in [4.69, 9.17) is 21.7 Å². The highest BCUT2D eigenvalue weighted by Gasteiger charge is 2.04. The smallest absolute Gasteiger partial charge is 0.170 e. The summed E-state index contributed by atoms with van der Waals surface area (Å²) in [6, 6.07) is 7.63. The molecule has 1 heterocycles. The van der Waals surface area contributed by atoms with Crippen LogP contribution in [0.2, 0.25) is 0 Å². The Morgan fingerprint density at radius 3 is 2.33 bits per heavy atom. The van der Waals surface area contributed by atoms with Crippen molar-refractivity contribution >= 4 is 23.0 Å². The number of thiocarbonyl (C=S) groups is 1. The van der Waals surface area contributed by atoms with E-state index in [1.807, 2.05) is 29.8 Å². The number of rotatable bonds is 7. The molecule has 0 radical (unpaired) electrons. The van der Waals surface area contributed by atoms with Crippen molar-refractivity contribution in [1.29, 1.82) is 0 Å². The van der Waals surface area contributed by atoms with E-state index in [1.54, 1.807) is 14.2 Å². The fourth-order valence-corrected chi connectivity index (χ4v) is 2.61. The molecular weight excluding hydrogens is 324 g/mol. The van der Waals surface area contributed by atoms with E-state index < -0.39 is 0 Å². The number of benzene rings is 1. The molecule has 2 aromatic rings. The second kappa shape index (κ2) is 8.54. The van der Waals surface area contributed by atoms with Gasteiger partial charge in [0.25, 0.3) is 0 Å². The molecule has 0 saturated heterocycles. The molecule has 24 heavy (non-hydrogen) atoms. The van der Waals surface area contributed by atoms with Gasteiger partial charge in [0.1, 0.15) is 11.5 Å². The summed E-state index contributed by atoms with van der Waals surface area (Å²) in [6.07, 6.45) is 0.936. The molecule has 7 heteroatoms. The summed E-state index contributed by atoms with van der Waals surface area (Å²) < 4.78 is 12.5. The summed E-state index contributed by atoms with van der Waals surface area (Å²) in [6.45, 7) is 5.70. The Morgan fingerprint density at radius 1 is 1.12 bits per heavy atom. The van der Waals surface area contributed by atoms with Crippen LogP contribution in [-0.2, 0) is 6.54 Å². The third-order valence-electron chi connectivity index (χ3n) is 3.54. The molecule has 1 aromatic heterocycles. The first-order valence-corrected chi connectivity index (χ1v) is 8.21. The van der Waals surface area contributed by atoms with E-state index in [1.165, 1.54) is 5.69 Å². The number of nitrogens with zero attached hydrogens (tertiary/aromatic N) is 2. The fraction of sp³-hybridized carbons (Fsp3) is 0.412. The zero-order chi connectivity index (χ0) is 17.5. The van der Waals surface area contributed by atoms with Gasteiger partial charge in [0.2, 0.25) is 0 Å². The van der Waals surface area contributed by atoms with Crippen LogP contribution in [0.15, 0.2) is 24.3 Å². The predicted molar refractivity (Wildman–Crippen MR) is 100 cm³/mol. The van der Waals surface area contributed by atoms with Gasteiger partial charge in [-0.1, -0.05) is 0 Å². The van der Waals surface area contributed by atoms with Gasteiger partial charge in [-0.25, -0.2) is 0 Å². The van der Waals surface area contributed by atoms with Crippen molar-refractivity contribution in [2.75, 3.05) is 26.1 Å². The molecule has 0 fully saturated rings. The molecule has 1 aromatic carbocycles. The maximum atomic E-state index is 5.33. The Labute approximate surface area is 148 Å². The fourth-order valence-electron chi connectivity index (χ4n) is 2.39. The minimum Gasteiger partial charge on any atom is -0.497 e. The molecule has 0 saturated carbocycles. The first-order valence-electron chi connectivity index (χ1n) is 7.81. The lowest BCUT2D eigenvalue weighted by Crippen LogP contribution is -2.29. The standard InChI is InChI=1S/C17H24N4O2S/c1-12-8-13(2)21(20-12)7-5-6-18-17(24)19-14-9-15(22-3)11-16(10-14)23-4/h8-11H,5-7H2,1-4H3,(H2,18,19,24). The molecule has 0 amide bonds. The number of anilines is 1. The summed E-state index contributed by atoms with van der Waals surface area (Å²) in [5.41, 5.74) is 3.04. The largest absolute Gasteiger partial charge is 0.497 e. The van der Waals surface area contributed by atoms with Crippen LogP contribution in [0, 0.1) is 13.8 Å². The van der Waals surface area contributed by atoms with Gasteiger partial charge in [0.15, 0.2) is 5.11 Å². The molecule has 0 atom stereocenters. The van der Waals surface area contributed by atoms with Crippen LogP contribution >= 0.6 is 12.2 Å². The van der Waals surface area contributed by atoms with Gasteiger partial charge in [-0.15, -0.1) is 0 Å². The Balaban J connectivity index is 1.80. The first-order chi connectivity index (χ1) is 11.5. The number of nitrogens with one attached hydrogen (secondary N) is 2. The molecular formula is C17H24N4O2S. The van der Waals surface area contributed by atoms with E-state index in [9.17, 15) is 0 Å². The van der Waals surface area contributed by atoms with Gasteiger partial charge < -0.3 is 20.1 Å². The molecule has 0 unspecified atom stereocenters. The lowest BCUT2D eigenvalue weighted by molar-refractivity contribution is 0.395. The van der Waals surface area contributed by atoms with Gasteiger partial charge in [-0.3, -0.25) is 4.68 Å². The number of hydrogen-bond donors (Lipinski definition) is 2. The minimum absolute atomic E-state index is 0.568. The van der Waals surface area contributed by atoms with Crippen LogP contribution in [0.25, 0.3) is 0 Å². The van der Waals surface area contributed by atoms with Crippen molar-refractivity contribution < 1.29 is 9.47 Å². The third-order valence-corrected chi connectivity index (χ3v) is 3.79. The van der Waals surface area contributed by atoms with Crippen molar-refractivity contribution in [1.82, 2.24) is 15.1 Å². The van der Waals surface area contributed by atoms with Crippen LogP contribution in [0.1, 0.15) is 17.8 Å². The molecule has 2 rings (SSSR count). The predicted octanol–water partition coefficient (Wildman–Crippen LogP) is 2.89. The van der Waals surface area contributed by atoms with Crippen LogP contribution < -0.4 is 20.1 Å². The van der Waals surface area contributed by atoms with E-state index in [2.05, 4.69) is 28.7 Å². The number of aryl methyl sites for hydroxylation is 3. The normalized spacial score (nSPS) is 10.3. The monoisotopic (exact) mass is 348 g/mol. The Bertz CT molecular complexity index is 678. The molecule has 0 aliphatic carbocycles. The van der Waals surface area contributed by atoms with Crippen LogP contribution in [-0.4, -0.2) is 35.7 Å². The average Bonchev–Trinajstić information content (AvgIpc) is 2.88. The summed E-state index contributed by atoms with van der Waals surface area (Å²) in [4.78, 5) is 0. The van der Waals surface area contributed by atoms with E-state index in [0.29, 0.717) is 16.6 Å². The molecule has 0 aliphatic heterocycles. The summed E-state index contributed by atoms with van der Waals surface area (Å²) in [5.74, 6) is 1.42. The number of methoxy groups -OCH3 is 2. The highest BCUT2D eigenvalue weighted by molar-refractivity contribution is 7.80. The van der Waals surface area contributed by atoms with Crippen molar-refractivity contribution in [2.24, 2.45) is 0 Å². The van der Waals surface area contributed by atoms with Crippen LogP contribution in [0.3, 0.4) is 0 Å². The lowest BCUT2D eigenvalue weighted by Gasteiger charge is -2.13. The van der Waals surface area contributed by atoms with E-state index in [0.717, 1.165) is 30.9 Å². The zero-order valence-corrected chi connectivity index (χ0v) is 15.4. The van der Waals surface area contributed by atoms with Gasteiger partial charge >= 0.3 is 0 Å². The molecule has 130 valence electrons. The summed E-state index contributed by atoms with van der Waals surface area (Å²) in [5, 5.41) is 11.4. The second-order valence-corrected chi connectivity index (χ2v) is 5.89. The molecule has 6 nitrogen and oxygen atoms in total. The Hall–Kier alpha value is -2.28. The first kappa shape index (κ1) is 18.1. The van der Waals surface area contributed by atoms with Crippen molar-refractivity contribution in [3.8, 4) is 11.5 Å². The topological polar surface area (TPSA) is 60.3 Å². The van der Waals surface area contributed by atoms with E-state index in [-0.39, 0.29) is 0 Å². The molecule has 0 bridgehead atoms. The maximum Gasteiger partial charge on any atom is 0.170 e. The lowest BCUT2D eigenvalue weighted by atomic mass is 10.3. The molecule has 2 N–H and O–H groups in total. The van der Waals surface area contributed by atoms with Crippen molar-refractivity contribution in [2.45, 2.75) is 26.8 Å². The third kappa shape index (κ3) is 5.13. The maximum absolute atomic E-state index is 5.33. The number of ether oxygens (including phenoxy) is 2. The second-order valence-electron chi connectivity index (χ2n) is 5.49. The van der Waals surface area contributed by atoms with Gasteiger partial charge in [-0.05, 0) is 38.6 Å². The van der Waals surface area contributed by atoms with Gasteiger partial charge in [-0.2, -0.15) is 5.10 Å². The van der Waals surface area contributed by atoms with E-state index >= 15 is 0 Å². The highest BCUT2D eigenvalue weighted by atomic mass is 32.1. The Kier molecular flexibility index (Phi) is 6.43. The highest BCUT2D eigenvalue weighted by Crippen LogP contribution is 2.25. The number of hydrogen-bond acceptors (Lipinski definition) is 4. The molecule has 0 aliphatic rings. The van der Waals surface area contributed by atoms with Crippen molar-refractivity contribution in [3.63, 3.8) is 0 Å². The minimum atomic E-state index is 0.568. The van der Waals surface area contributed by atoms with Crippen LogP contribution in [0.4, 0.5) is 5.69 Å². The molecule has 0 spiro atoms. The quantitative estimate of drug-likeness (QED) is 0.593. The Morgan fingerprint density at radius 2 is 1.79 bits per heavy atom. The SMILES string of the molecule is COc1cc(NC(=S)NCCCn2nc(C)cc2C)cc(OC)c1.